The quantitative estimate of drug-likeness (QED) is 0.593. The molecule has 0 spiro atoms. The van der Waals surface area contributed by atoms with Crippen LogP contribution >= 0.6 is 0 Å². The number of carbonyl (C=O) groups excluding carboxylic acids is 2. The predicted octanol–water partition coefficient (Wildman–Crippen LogP) is -0.409. The van der Waals surface area contributed by atoms with Gasteiger partial charge < -0.3 is 19.7 Å². The molecule has 0 aliphatic carbocycles. The van der Waals surface area contributed by atoms with Gasteiger partial charge in [0.1, 0.15) is 11.6 Å². The van der Waals surface area contributed by atoms with Crippen molar-refractivity contribution in [2.45, 2.75) is 57.9 Å². The van der Waals surface area contributed by atoms with Crippen molar-refractivity contribution in [2.75, 3.05) is 13.2 Å². The van der Waals surface area contributed by atoms with Crippen molar-refractivity contribution < 1.29 is 29.3 Å². The van der Waals surface area contributed by atoms with E-state index < -0.39 is 42.3 Å². The molecule has 0 bridgehead atoms. The zero-order valence-electron chi connectivity index (χ0n) is 13.0. The molecule has 1 fully saturated rings. The second-order valence-electron chi connectivity index (χ2n) is 6.33. The first-order chi connectivity index (χ1) is 9.64. The van der Waals surface area contributed by atoms with Crippen molar-refractivity contribution >= 4 is 11.9 Å². The Morgan fingerprint density at radius 1 is 1.38 bits per heavy atom. The molecule has 122 valence electrons. The molecule has 3 N–H and O–H groups in total. The third-order valence-electron chi connectivity index (χ3n) is 3.23. The molecule has 4 atom stereocenters. The van der Waals surface area contributed by atoms with Gasteiger partial charge in [-0.15, -0.1) is 0 Å². The molecule has 1 heterocycles. The molecule has 7 nitrogen and oxygen atoms in total. The molecule has 1 aliphatic rings. The van der Waals surface area contributed by atoms with E-state index in [1.807, 2.05) is 0 Å². The van der Waals surface area contributed by atoms with Gasteiger partial charge in [-0.25, -0.2) is 0 Å². The SMILES string of the molecule is CC(=O)OC[C@@H]1C[C@H](C(=O)OC(C)(C)C)N[C@H]1[C@@H](O)CO. The maximum absolute atomic E-state index is 12.1. The van der Waals surface area contributed by atoms with E-state index in [0.29, 0.717) is 6.42 Å². The summed E-state index contributed by atoms with van der Waals surface area (Å²) in [6.45, 7) is 6.27. The molecule has 0 aromatic carbocycles. The highest BCUT2D eigenvalue weighted by atomic mass is 16.6. The average Bonchev–Trinajstić information content (AvgIpc) is 2.77. The van der Waals surface area contributed by atoms with Crippen LogP contribution in [0.3, 0.4) is 0 Å². The molecule has 0 unspecified atom stereocenters. The molecule has 0 saturated carbocycles. The molecule has 0 aromatic rings. The zero-order chi connectivity index (χ0) is 16.2. The highest BCUT2D eigenvalue weighted by molar-refractivity contribution is 5.76. The van der Waals surface area contributed by atoms with E-state index in [4.69, 9.17) is 14.6 Å². The monoisotopic (exact) mass is 303 g/mol. The van der Waals surface area contributed by atoms with E-state index in [0.717, 1.165) is 0 Å². The van der Waals surface area contributed by atoms with Gasteiger partial charge in [0.15, 0.2) is 0 Å². The van der Waals surface area contributed by atoms with E-state index in [1.165, 1.54) is 6.92 Å². The van der Waals surface area contributed by atoms with Crippen LogP contribution < -0.4 is 5.32 Å². The lowest BCUT2D eigenvalue weighted by atomic mass is 9.96. The third-order valence-corrected chi connectivity index (χ3v) is 3.23. The fourth-order valence-electron chi connectivity index (χ4n) is 2.36. The fraction of sp³-hybridized carbons (Fsp3) is 0.857. The van der Waals surface area contributed by atoms with Crippen LogP contribution in [0.4, 0.5) is 0 Å². The molecule has 21 heavy (non-hydrogen) atoms. The van der Waals surface area contributed by atoms with Crippen LogP contribution in [-0.2, 0) is 19.1 Å². The van der Waals surface area contributed by atoms with Gasteiger partial charge in [0.2, 0.25) is 0 Å². The summed E-state index contributed by atoms with van der Waals surface area (Å²) < 4.78 is 10.3. The van der Waals surface area contributed by atoms with Crippen LogP contribution in [0.25, 0.3) is 0 Å². The van der Waals surface area contributed by atoms with Gasteiger partial charge in [-0.3, -0.25) is 14.9 Å². The minimum Gasteiger partial charge on any atom is -0.466 e. The molecule has 0 radical (unpaired) electrons. The number of ether oxygens (including phenoxy) is 2. The largest absolute Gasteiger partial charge is 0.466 e. The Morgan fingerprint density at radius 2 is 2.00 bits per heavy atom. The van der Waals surface area contributed by atoms with E-state index >= 15 is 0 Å². The van der Waals surface area contributed by atoms with Gasteiger partial charge in [-0.05, 0) is 27.2 Å². The van der Waals surface area contributed by atoms with E-state index in [9.17, 15) is 14.7 Å². The van der Waals surface area contributed by atoms with E-state index in [2.05, 4.69) is 5.32 Å². The first kappa shape index (κ1) is 17.9. The molecular formula is C14H25NO6. The predicted molar refractivity (Wildman–Crippen MR) is 74.4 cm³/mol. The highest BCUT2D eigenvalue weighted by Gasteiger charge is 2.42. The van der Waals surface area contributed by atoms with Crippen molar-refractivity contribution in [3.05, 3.63) is 0 Å². The first-order valence-electron chi connectivity index (χ1n) is 7.05. The minimum atomic E-state index is -1.03. The minimum absolute atomic E-state index is 0.0867. The Morgan fingerprint density at radius 3 is 2.48 bits per heavy atom. The Balaban J connectivity index is 2.70. The summed E-state index contributed by atoms with van der Waals surface area (Å²) in [5.74, 6) is -1.09. The van der Waals surface area contributed by atoms with Crippen molar-refractivity contribution in [3.8, 4) is 0 Å². The number of carbonyl (C=O) groups is 2. The number of hydrogen-bond donors (Lipinski definition) is 3. The van der Waals surface area contributed by atoms with E-state index in [1.54, 1.807) is 20.8 Å². The third kappa shape index (κ3) is 5.61. The van der Waals surface area contributed by atoms with Crippen LogP contribution in [0.1, 0.15) is 34.1 Å². The summed E-state index contributed by atoms with van der Waals surface area (Å²) in [7, 11) is 0. The van der Waals surface area contributed by atoms with Crippen LogP contribution in [-0.4, -0.2) is 59.2 Å². The highest BCUT2D eigenvalue weighted by Crippen LogP contribution is 2.25. The van der Waals surface area contributed by atoms with Gasteiger partial charge in [-0.1, -0.05) is 0 Å². The molecule has 7 heteroatoms. The number of aliphatic hydroxyl groups excluding tert-OH is 2. The van der Waals surface area contributed by atoms with Crippen LogP contribution in [0.2, 0.25) is 0 Å². The van der Waals surface area contributed by atoms with Gasteiger partial charge in [-0.2, -0.15) is 0 Å². The van der Waals surface area contributed by atoms with Gasteiger partial charge >= 0.3 is 11.9 Å². The standard InChI is InChI=1S/C14H25NO6/c1-8(17)20-7-9-5-10(13(19)21-14(2,3)4)15-12(9)11(18)6-16/h9-12,15-16,18H,5-7H2,1-4H3/t9-,10+,11-,12+/m0/s1. The number of rotatable bonds is 5. The molecule has 0 amide bonds. The summed E-state index contributed by atoms with van der Waals surface area (Å²) in [4.78, 5) is 23.0. The number of esters is 2. The Hall–Kier alpha value is -1.18. The average molecular weight is 303 g/mol. The lowest BCUT2D eigenvalue weighted by Crippen LogP contribution is -2.46. The van der Waals surface area contributed by atoms with Crippen LogP contribution in [0.15, 0.2) is 0 Å². The molecule has 1 saturated heterocycles. The lowest BCUT2D eigenvalue weighted by Gasteiger charge is -2.24. The Bertz CT molecular complexity index is 378. The molecule has 0 aromatic heterocycles. The normalized spacial score (nSPS) is 27.2. The van der Waals surface area contributed by atoms with E-state index in [-0.39, 0.29) is 12.5 Å². The van der Waals surface area contributed by atoms with Gasteiger partial charge in [0.25, 0.3) is 0 Å². The molecule has 1 rings (SSSR count). The summed E-state index contributed by atoms with van der Waals surface area (Å²) in [5.41, 5.74) is -0.599. The lowest BCUT2D eigenvalue weighted by molar-refractivity contribution is -0.157. The number of aliphatic hydroxyl groups is 2. The van der Waals surface area contributed by atoms with Crippen molar-refractivity contribution in [3.63, 3.8) is 0 Å². The van der Waals surface area contributed by atoms with Gasteiger partial charge in [0, 0.05) is 18.9 Å². The summed E-state index contributed by atoms with van der Waals surface area (Å²) in [6, 6.07) is -1.11. The van der Waals surface area contributed by atoms with Crippen LogP contribution in [0, 0.1) is 5.92 Å². The van der Waals surface area contributed by atoms with Crippen molar-refractivity contribution in [1.82, 2.24) is 5.32 Å². The number of hydrogen-bond acceptors (Lipinski definition) is 7. The summed E-state index contributed by atoms with van der Waals surface area (Å²) >= 11 is 0. The Labute approximate surface area is 124 Å². The number of nitrogens with one attached hydrogen (secondary N) is 1. The fourth-order valence-corrected chi connectivity index (χ4v) is 2.36. The van der Waals surface area contributed by atoms with Crippen LogP contribution in [0.5, 0.6) is 0 Å². The smallest absolute Gasteiger partial charge is 0.323 e. The first-order valence-corrected chi connectivity index (χ1v) is 7.05. The maximum Gasteiger partial charge on any atom is 0.323 e. The van der Waals surface area contributed by atoms with Crippen molar-refractivity contribution in [1.29, 1.82) is 0 Å². The van der Waals surface area contributed by atoms with Crippen molar-refractivity contribution in [2.24, 2.45) is 5.92 Å². The topological polar surface area (TPSA) is 105 Å². The second kappa shape index (κ2) is 7.20. The maximum atomic E-state index is 12.1. The molecule has 1 aliphatic heterocycles. The second-order valence-corrected chi connectivity index (χ2v) is 6.33. The zero-order valence-corrected chi connectivity index (χ0v) is 13.0. The summed E-state index contributed by atoms with van der Waals surface area (Å²) in [6.07, 6.45) is -0.651. The summed E-state index contributed by atoms with van der Waals surface area (Å²) in [5, 5.41) is 21.9. The molecular weight excluding hydrogens is 278 g/mol. The Kier molecular flexibility index (Phi) is 6.12. The van der Waals surface area contributed by atoms with Gasteiger partial charge in [0.05, 0.1) is 19.3 Å².